The normalized spacial score (nSPS) is 13.9. The van der Waals surface area contributed by atoms with Gasteiger partial charge in [-0.15, -0.1) is 8.78 Å². The molecule has 12 heteroatoms. The molecule has 0 saturated carbocycles. The number of ether oxygens (including phenoxy) is 2. The number of pyridine rings is 1. The summed E-state index contributed by atoms with van der Waals surface area (Å²) >= 11 is 0. The van der Waals surface area contributed by atoms with Crippen LogP contribution in [0.25, 0.3) is 21.8 Å². The fourth-order valence-electron chi connectivity index (χ4n) is 3.99. The zero-order chi connectivity index (χ0) is 25.1. The number of anilines is 1. The van der Waals surface area contributed by atoms with Crippen molar-refractivity contribution >= 4 is 39.4 Å². The van der Waals surface area contributed by atoms with E-state index in [2.05, 4.69) is 19.6 Å². The minimum absolute atomic E-state index is 0.0870. The van der Waals surface area contributed by atoms with E-state index in [1.54, 1.807) is 36.1 Å². The SMILES string of the molecule is CC(=O)N(C)N(Cc1ccc2c(c1)OC(F)(F)O2)C(=O)c1ccc2nc(N)c3cnn(C)c3c2c1. The number of nitrogens with two attached hydrogens (primary N) is 1. The van der Waals surface area contributed by atoms with Crippen LogP contribution in [0.15, 0.2) is 42.6 Å². The van der Waals surface area contributed by atoms with Gasteiger partial charge < -0.3 is 15.2 Å². The number of hydrogen-bond donors (Lipinski definition) is 1. The molecule has 0 unspecified atom stereocenters. The number of hydrazine groups is 1. The lowest BCUT2D eigenvalue weighted by atomic mass is 10.1. The number of fused-ring (bicyclic) bond motifs is 4. The van der Waals surface area contributed by atoms with Crippen molar-refractivity contribution in [2.45, 2.75) is 19.8 Å². The Morgan fingerprint density at radius 3 is 2.60 bits per heavy atom. The maximum atomic E-state index is 13.6. The summed E-state index contributed by atoms with van der Waals surface area (Å²) in [6.07, 6.45) is -2.16. The van der Waals surface area contributed by atoms with Gasteiger partial charge in [-0.3, -0.25) is 19.3 Å². The summed E-state index contributed by atoms with van der Waals surface area (Å²) in [7, 11) is 3.21. The maximum Gasteiger partial charge on any atom is 0.586 e. The first-order valence-corrected chi connectivity index (χ1v) is 10.5. The van der Waals surface area contributed by atoms with Crippen molar-refractivity contribution in [3.05, 3.63) is 53.7 Å². The van der Waals surface area contributed by atoms with Crippen LogP contribution in [0.4, 0.5) is 14.6 Å². The highest BCUT2D eigenvalue weighted by atomic mass is 19.3. The van der Waals surface area contributed by atoms with Gasteiger partial charge in [-0.2, -0.15) is 5.10 Å². The van der Waals surface area contributed by atoms with Gasteiger partial charge in [-0.25, -0.2) is 9.99 Å². The molecule has 0 atom stereocenters. The van der Waals surface area contributed by atoms with Crippen LogP contribution in [0.2, 0.25) is 0 Å². The number of benzene rings is 2. The summed E-state index contributed by atoms with van der Waals surface area (Å²) in [5.41, 5.74) is 8.08. The summed E-state index contributed by atoms with van der Waals surface area (Å²) in [6, 6.07) is 9.10. The summed E-state index contributed by atoms with van der Waals surface area (Å²) < 4.78 is 37.4. The number of hydrogen-bond acceptors (Lipinski definition) is 7. The van der Waals surface area contributed by atoms with E-state index in [1.165, 1.54) is 37.2 Å². The van der Waals surface area contributed by atoms with E-state index >= 15 is 0 Å². The number of nitrogens with zero attached hydrogens (tertiary/aromatic N) is 5. The third-order valence-electron chi connectivity index (χ3n) is 5.80. The highest BCUT2D eigenvalue weighted by Crippen LogP contribution is 2.41. The van der Waals surface area contributed by atoms with Crippen molar-refractivity contribution < 1.29 is 27.8 Å². The molecule has 0 aliphatic carbocycles. The minimum atomic E-state index is -3.76. The predicted molar refractivity (Wildman–Crippen MR) is 121 cm³/mol. The van der Waals surface area contributed by atoms with Crippen LogP contribution in [0, 0.1) is 0 Å². The Hall–Kier alpha value is -4.48. The van der Waals surface area contributed by atoms with E-state index in [0.29, 0.717) is 33.2 Å². The molecule has 3 heterocycles. The Kier molecular flexibility index (Phi) is 4.97. The van der Waals surface area contributed by atoms with Crippen molar-refractivity contribution in [1.82, 2.24) is 24.8 Å². The van der Waals surface area contributed by atoms with Gasteiger partial charge >= 0.3 is 6.29 Å². The number of carbonyl (C=O) groups is 2. The second kappa shape index (κ2) is 7.79. The van der Waals surface area contributed by atoms with Gasteiger partial charge in [-0.05, 0) is 35.9 Å². The van der Waals surface area contributed by atoms with Crippen LogP contribution in [-0.4, -0.2) is 49.9 Å². The van der Waals surface area contributed by atoms with Crippen molar-refractivity contribution in [3.63, 3.8) is 0 Å². The number of alkyl halides is 2. The first kappa shape index (κ1) is 22.3. The Labute approximate surface area is 197 Å². The maximum absolute atomic E-state index is 13.6. The molecule has 4 aromatic rings. The van der Waals surface area contributed by atoms with Crippen LogP contribution >= 0.6 is 0 Å². The highest BCUT2D eigenvalue weighted by Gasteiger charge is 2.43. The van der Waals surface area contributed by atoms with Gasteiger partial charge in [0.2, 0.25) is 5.91 Å². The molecule has 2 aromatic carbocycles. The monoisotopic (exact) mass is 482 g/mol. The Morgan fingerprint density at radius 1 is 1.11 bits per heavy atom. The molecule has 35 heavy (non-hydrogen) atoms. The number of nitrogen functional groups attached to an aromatic ring is 1. The molecule has 1 aliphatic rings. The molecular weight excluding hydrogens is 462 g/mol. The first-order valence-electron chi connectivity index (χ1n) is 10.5. The number of aryl methyl sites for hydroxylation is 1. The van der Waals surface area contributed by atoms with E-state index in [1.807, 2.05) is 0 Å². The van der Waals surface area contributed by atoms with Gasteiger partial charge in [0.15, 0.2) is 11.5 Å². The van der Waals surface area contributed by atoms with Gasteiger partial charge in [0.05, 0.1) is 29.2 Å². The quantitative estimate of drug-likeness (QED) is 0.446. The minimum Gasteiger partial charge on any atom is -0.395 e. The molecule has 0 spiro atoms. The van der Waals surface area contributed by atoms with E-state index in [-0.39, 0.29) is 23.6 Å². The van der Waals surface area contributed by atoms with Crippen LogP contribution in [-0.2, 0) is 18.4 Å². The van der Waals surface area contributed by atoms with E-state index in [4.69, 9.17) is 5.73 Å². The van der Waals surface area contributed by atoms with Crippen molar-refractivity contribution in [2.24, 2.45) is 7.05 Å². The third kappa shape index (κ3) is 3.82. The standard InChI is InChI=1S/C23H20F2N6O4/c1-12(32)30(3)31(11-13-4-7-18-19(8-13)35-23(24,25)34-18)22(33)14-5-6-17-15(9-14)20-16(21(26)28-17)10-27-29(20)2/h4-10H,11H2,1-3H3,(H2,26,28). The lowest BCUT2D eigenvalue weighted by Gasteiger charge is -2.31. The molecule has 0 saturated heterocycles. The number of rotatable bonds is 3. The topological polar surface area (TPSA) is 116 Å². The van der Waals surface area contributed by atoms with Gasteiger partial charge in [0.1, 0.15) is 5.82 Å². The van der Waals surface area contributed by atoms with Crippen molar-refractivity contribution in [3.8, 4) is 11.5 Å². The van der Waals surface area contributed by atoms with Gasteiger partial charge in [-0.1, -0.05) is 6.07 Å². The van der Waals surface area contributed by atoms with Crippen LogP contribution in [0.3, 0.4) is 0 Å². The van der Waals surface area contributed by atoms with Crippen LogP contribution in [0.1, 0.15) is 22.8 Å². The molecule has 0 fully saturated rings. The average Bonchev–Trinajstić information content (AvgIpc) is 3.34. The Bertz CT molecular complexity index is 1520. The van der Waals surface area contributed by atoms with Gasteiger partial charge in [0.25, 0.3) is 5.91 Å². The second-order valence-electron chi connectivity index (χ2n) is 8.11. The average molecular weight is 482 g/mol. The number of halogens is 2. The number of aromatic nitrogens is 3. The Balaban J connectivity index is 1.54. The fourth-order valence-corrected chi connectivity index (χ4v) is 3.99. The molecule has 180 valence electrons. The summed E-state index contributed by atoms with van der Waals surface area (Å²) in [5, 5.41) is 7.92. The van der Waals surface area contributed by atoms with Crippen LogP contribution < -0.4 is 15.2 Å². The number of amides is 2. The summed E-state index contributed by atoms with van der Waals surface area (Å²) in [5.74, 6) is -0.822. The number of carbonyl (C=O) groups excluding carboxylic acids is 2. The smallest absolute Gasteiger partial charge is 0.395 e. The molecular formula is C23H20F2N6O4. The molecule has 2 N–H and O–H groups in total. The molecule has 1 aliphatic heterocycles. The molecule has 2 amide bonds. The predicted octanol–water partition coefficient (Wildman–Crippen LogP) is 3.06. The first-order chi connectivity index (χ1) is 16.5. The summed E-state index contributed by atoms with van der Waals surface area (Å²) in [6.45, 7) is 1.23. The molecule has 10 nitrogen and oxygen atoms in total. The zero-order valence-electron chi connectivity index (χ0n) is 19.0. The Morgan fingerprint density at radius 2 is 1.86 bits per heavy atom. The van der Waals surface area contributed by atoms with E-state index in [9.17, 15) is 18.4 Å². The second-order valence-corrected chi connectivity index (χ2v) is 8.11. The van der Waals surface area contributed by atoms with Crippen LogP contribution in [0.5, 0.6) is 11.5 Å². The zero-order valence-corrected chi connectivity index (χ0v) is 19.0. The summed E-state index contributed by atoms with van der Waals surface area (Å²) in [4.78, 5) is 30.1. The molecule has 2 aromatic heterocycles. The van der Waals surface area contributed by atoms with E-state index < -0.39 is 18.1 Å². The van der Waals surface area contributed by atoms with E-state index in [0.717, 1.165) is 5.01 Å². The van der Waals surface area contributed by atoms with Crippen molar-refractivity contribution in [2.75, 3.05) is 12.8 Å². The lowest BCUT2D eigenvalue weighted by molar-refractivity contribution is -0.286. The molecule has 0 radical (unpaired) electrons. The lowest BCUT2D eigenvalue weighted by Crippen LogP contribution is -2.46. The third-order valence-corrected chi connectivity index (χ3v) is 5.80. The molecule has 5 rings (SSSR count). The van der Waals surface area contributed by atoms with Crippen molar-refractivity contribution in [1.29, 1.82) is 0 Å². The highest BCUT2D eigenvalue weighted by molar-refractivity contribution is 6.10. The largest absolute Gasteiger partial charge is 0.586 e. The molecule has 0 bridgehead atoms. The van der Waals surface area contributed by atoms with Gasteiger partial charge in [0, 0.05) is 32.0 Å². The fraction of sp³-hybridized carbons (Fsp3) is 0.217.